The zero-order valence-corrected chi connectivity index (χ0v) is 39.4. The molecule has 304 valence electrons. The Labute approximate surface area is 349 Å². The van der Waals surface area contributed by atoms with Crippen LogP contribution in [0.2, 0.25) is 13.1 Å². The van der Waals surface area contributed by atoms with Gasteiger partial charge in [0.1, 0.15) is 8.07 Å². The van der Waals surface area contributed by atoms with Gasteiger partial charge in [0.15, 0.2) is 23.0 Å². The van der Waals surface area contributed by atoms with Gasteiger partial charge in [0.25, 0.3) is 0 Å². The molecule has 0 fully saturated rings. The molecule has 7 heterocycles. The molecular weight excluding hydrogens is 771 g/mol. The third-order valence-electron chi connectivity index (χ3n) is 12.7. The number of benzene rings is 2. The largest absolute Gasteiger partial charge is 0.450 e. The van der Waals surface area contributed by atoms with E-state index < -0.39 is 25.0 Å². The van der Waals surface area contributed by atoms with E-state index in [2.05, 4.69) is 172 Å². The highest BCUT2D eigenvalue weighted by Crippen LogP contribution is 2.56. The van der Waals surface area contributed by atoms with E-state index >= 15 is 0 Å². The standard InChI is InChI=1S/C48H60N4O3P2Si/c1-13-33-17-21-37-29-38-22-18-34(14-2)50(38)56(49(33)37)54-41-25-31(47(5,6)7)27-43-45(41)53-46-42(26-32(48(8,9)10)28-44(46)58(43,11)12)55-57-51-35(15-3)19-23-39(51)30-40-24-20-36(16-4)52(40)57/h17-28H,13-16,29-30H2,1-12H3. The van der Waals surface area contributed by atoms with Gasteiger partial charge >= 0.3 is 16.9 Å². The van der Waals surface area contributed by atoms with Crippen LogP contribution in [-0.2, 0) is 49.4 Å². The number of nitrogens with zero attached hydrogens (tertiary/aromatic N) is 4. The highest BCUT2D eigenvalue weighted by molar-refractivity contribution is 7.50. The monoisotopic (exact) mass is 830 g/mol. The number of aromatic nitrogens is 4. The maximum Gasteiger partial charge on any atom is 0.318 e. The molecule has 3 aliphatic heterocycles. The van der Waals surface area contributed by atoms with Gasteiger partial charge in [-0.2, -0.15) is 0 Å². The third kappa shape index (κ3) is 6.18. The quantitative estimate of drug-likeness (QED) is 0.113. The molecule has 10 heteroatoms. The second-order valence-corrected chi connectivity index (χ2v) is 26.2. The van der Waals surface area contributed by atoms with E-state index in [1.807, 2.05) is 0 Å². The van der Waals surface area contributed by atoms with Crippen molar-refractivity contribution in [1.82, 2.24) is 17.4 Å². The van der Waals surface area contributed by atoms with Crippen LogP contribution in [0, 0.1) is 0 Å². The summed E-state index contributed by atoms with van der Waals surface area (Å²) in [4.78, 5) is 0. The summed E-state index contributed by atoms with van der Waals surface area (Å²) in [5.41, 5.74) is 12.8. The molecule has 0 N–H and O–H groups in total. The highest BCUT2D eigenvalue weighted by atomic mass is 31.2. The average Bonchev–Trinajstić information content (AvgIpc) is 3.98. The Morgan fingerprint density at radius 1 is 0.517 bits per heavy atom. The lowest BCUT2D eigenvalue weighted by Gasteiger charge is -2.39. The highest BCUT2D eigenvalue weighted by Gasteiger charge is 2.44. The van der Waals surface area contributed by atoms with Crippen LogP contribution >= 0.6 is 16.9 Å². The average molecular weight is 831 g/mol. The second kappa shape index (κ2) is 14.1. The Hall–Kier alpha value is -3.96. The summed E-state index contributed by atoms with van der Waals surface area (Å²) in [6.07, 6.45) is 5.56. The number of hydrogen-bond donors (Lipinski definition) is 0. The molecule has 58 heavy (non-hydrogen) atoms. The van der Waals surface area contributed by atoms with Crippen molar-refractivity contribution in [1.29, 1.82) is 0 Å². The first-order valence-corrected chi connectivity index (χ1v) is 26.7. The normalized spacial score (nSPS) is 15.9. The number of rotatable bonds is 8. The summed E-state index contributed by atoms with van der Waals surface area (Å²) in [6, 6.07) is 27.8. The molecule has 0 spiro atoms. The van der Waals surface area contributed by atoms with Gasteiger partial charge in [-0.15, -0.1) is 0 Å². The van der Waals surface area contributed by atoms with Crippen LogP contribution in [-0.4, -0.2) is 25.4 Å². The Morgan fingerprint density at radius 3 is 1.10 bits per heavy atom. The Bertz CT molecular complexity index is 2300. The van der Waals surface area contributed by atoms with Gasteiger partial charge in [-0.25, -0.2) is 0 Å². The second-order valence-electron chi connectivity index (χ2n) is 18.9. The van der Waals surface area contributed by atoms with E-state index in [1.165, 1.54) is 67.1 Å². The number of hydrogen-bond acceptors (Lipinski definition) is 3. The van der Waals surface area contributed by atoms with E-state index in [1.54, 1.807) is 0 Å². The molecule has 0 radical (unpaired) electrons. The first kappa shape index (κ1) is 39.5. The van der Waals surface area contributed by atoms with Gasteiger partial charge in [-0.05, 0) is 119 Å². The minimum Gasteiger partial charge on any atom is -0.450 e. The van der Waals surface area contributed by atoms with Crippen molar-refractivity contribution in [2.75, 3.05) is 0 Å². The minimum atomic E-state index is -2.45. The van der Waals surface area contributed by atoms with E-state index in [9.17, 15) is 0 Å². The maximum absolute atomic E-state index is 7.60. The van der Waals surface area contributed by atoms with Crippen molar-refractivity contribution < 1.29 is 13.8 Å². The van der Waals surface area contributed by atoms with Gasteiger partial charge in [0, 0.05) is 58.4 Å². The lowest BCUT2D eigenvalue weighted by atomic mass is 9.86. The van der Waals surface area contributed by atoms with Gasteiger partial charge in [0.2, 0.25) is 0 Å². The SMILES string of the molecule is CCc1ccc2n1P(Oc1cc(C(C)(C)C)cc3c1Oc1c(OP4n5c(CC)ccc5Cc5ccc(CC)n54)cc(C(C)(C)C)cc1[Si]3(C)C)n1c(CC)ccc1C2. The fraction of sp³-hybridized carbons (Fsp3) is 0.417. The number of ether oxygens (including phenoxy) is 1. The third-order valence-corrected chi connectivity index (χ3v) is 20.2. The minimum absolute atomic E-state index is 0.0971. The van der Waals surface area contributed by atoms with Crippen molar-refractivity contribution in [3.05, 3.63) is 129 Å². The summed E-state index contributed by atoms with van der Waals surface area (Å²) < 4.78 is 32.6. The molecule has 6 aromatic rings. The smallest absolute Gasteiger partial charge is 0.318 e. The van der Waals surface area contributed by atoms with Crippen LogP contribution in [0.25, 0.3) is 0 Å². The van der Waals surface area contributed by atoms with Crippen molar-refractivity contribution in [3.63, 3.8) is 0 Å². The van der Waals surface area contributed by atoms with Crippen LogP contribution in [0.5, 0.6) is 23.0 Å². The van der Waals surface area contributed by atoms with E-state index in [4.69, 9.17) is 13.8 Å². The maximum atomic E-state index is 7.60. The van der Waals surface area contributed by atoms with Crippen LogP contribution < -0.4 is 24.2 Å². The molecule has 0 saturated carbocycles. The molecule has 0 unspecified atom stereocenters. The van der Waals surface area contributed by atoms with Crippen molar-refractivity contribution >= 4 is 35.3 Å². The molecule has 0 aliphatic carbocycles. The van der Waals surface area contributed by atoms with Crippen LogP contribution in [0.15, 0.2) is 72.8 Å². The first-order valence-electron chi connectivity index (χ1n) is 21.4. The van der Waals surface area contributed by atoms with E-state index in [-0.39, 0.29) is 10.8 Å². The molecule has 0 atom stereocenters. The van der Waals surface area contributed by atoms with Crippen LogP contribution in [0.3, 0.4) is 0 Å². The molecular formula is C48H60N4O3P2Si. The van der Waals surface area contributed by atoms with Crippen molar-refractivity contribution in [2.45, 2.75) is 132 Å². The molecule has 9 rings (SSSR count). The van der Waals surface area contributed by atoms with Gasteiger partial charge in [-0.3, -0.25) is 17.4 Å². The number of aryl methyl sites for hydroxylation is 4. The fourth-order valence-corrected chi connectivity index (χ4v) is 16.3. The van der Waals surface area contributed by atoms with Gasteiger partial charge in [0.05, 0.1) is 0 Å². The van der Waals surface area contributed by atoms with Gasteiger partial charge in [-0.1, -0.05) is 94.5 Å². The summed E-state index contributed by atoms with van der Waals surface area (Å²) in [7, 11) is -5.02. The summed E-state index contributed by atoms with van der Waals surface area (Å²) in [5, 5.41) is 2.56. The summed E-state index contributed by atoms with van der Waals surface area (Å²) in [5.74, 6) is 3.34. The Balaban J connectivity index is 1.25. The molecule has 0 saturated heterocycles. The Kier molecular flexibility index (Phi) is 9.58. The molecule has 0 amide bonds. The van der Waals surface area contributed by atoms with Crippen molar-refractivity contribution in [2.24, 2.45) is 0 Å². The lowest BCUT2D eigenvalue weighted by molar-refractivity contribution is 0.431. The van der Waals surface area contributed by atoms with E-state index in [0.717, 1.165) is 61.5 Å². The predicted octanol–water partition coefficient (Wildman–Crippen LogP) is 11.9. The molecule has 0 bridgehead atoms. The zero-order chi connectivity index (χ0) is 41.1. The lowest BCUT2D eigenvalue weighted by Crippen LogP contribution is -2.56. The summed E-state index contributed by atoms with van der Waals surface area (Å²) in [6.45, 7) is 27.9. The number of fused-ring (bicyclic) bond motifs is 6. The molecule has 4 aromatic heterocycles. The molecule has 7 nitrogen and oxygen atoms in total. The van der Waals surface area contributed by atoms with Crippen LogP contribution in [0.4, 0.5) is 0 Å². The van der Waals surface area contributed by atoms with E-state index in [0.29, 0.717) is 0 Å². The molecule has 2 aromatic carbocycles. The topological polar surface area (TPSA) is 47.4 Å². The first-order chi connectivity index (χ1) is 27.6. The summed E-state index contributed by atoms with van der Waals surface area (Å²) >= 11 is 0. The van der Waals surface area contributed by atoms with Gasteiger partial charge < -0.3 is 13.8 Å². The van der Waals surface area contributed by atoms with Crippen molar-refractivity contribution in [3.8, 4) is 23.0 Å². The fourth-order valence-electron chi connectivity index (χ4n) is 9.04. The van der Waals surface area contributed by atoms with Crippen LogP contribution in [0.1, 0.15) is 126 Å². The zero-order valence-electron chi connectivity index (χ0n) is 36.6. The predicted molar refractivity (Wildman–Crippen MR) is 245 cm³/mol. The Morgan fingerprint density at radius 2 is 0.828 bits per heavy atom. The molecule has 3 aliphatic rings.